The highest BCUT2D eigenvalue weighted by Gasteiger charge is 2.14. The molecule has 1 aromatic rings. The monoisotopic (exact) mass is 254 g/mol. The van der Waals surface area contributed by atoms with Crippen LogP contribution in [0.5, 0.6) is 0 Å². The van der Waals surface area contributed by atoms with Crippen molar-refractivity contribution in [2.45, 2.75) is 39.3 Å². The number of methoxy groups -OCH3 is 1. The third-order valence-electron chi connectivity index (χ3n) is 3.31. The second-order valence-electron chi connectivity index (χ2n) is 4.54. The second-order valence-corrected chi connectivity index (χ2v) is 4.54. The molecule has 0 unspecified atom stereocenters. The maximum Gasteiger partial charge on any atom is 0.0719 e. The molecular weight excluding hydrogens is 228 g/mol. The molecule has 0 aliphatic rings. The van der Waals surface area contributed by atoms with Crippen molar-refractivity contribution in [3.63, 3.8) is 0 Å². The Kier molecular flexibility index (Phi) is 6.75. The third-order valence-corrected chi connectivity index (χ3v) is 3.31. The van der Waals surface area contributed by atoms with Crippen molar-refractivity contribution in [3.05, 3.63) is 12.4 Å². The Labute approximate surface area is 110 Å². The summed E-state index contributed by atoms with van der Waals surface area (Å²) in [5.74, 6) is 0. The zero-order valence-electron chi connectivity index (χ0n) is 11.8. The van der Waals surface area contributed by atoms with Gasteiger partial charge in [0.1, 0.15) is 0 Å². The van der Waals surface area contributed by atoms with E-state index in [1.807, 2.05) is 10.9 Å². The van der Waals surface area contributed by atoms with Crippen LogP contribution in [0.3, 0.4) is 0 Å². The van der Waals surface area contributed by atoms with Gasteiger partial charge in [-0.25, -0.2) is 0 Å². The number of aromatic nitrogens is 2. The summed E-state index contributed by atoms with van der Waals surface area (Å²) in [7, 11) is 1.75. The zero-order valence-corrected chi connectivity index (χ0v) is 11.8. The first-order chi connectivity index (χ1) is 8.71. The van der Waals surface area contributed by atoms with Crippen molar-refractivity contribution in [1.82, 2.24) is 14.7 Å². The van der Waals surface area contributed by atoms with Crippen LogP contribution in [-0.2, 0) is 11.3 Å². The van der Waals surface area contributed by atoms with E-state index in [1.165, 1.54) is 12.8 Å². The topological polar surface area (TPSA) is 56.3 Å². The lowest BCUT2D eigenvalue weighted by Gasteiger charge is -2.30. The molecule has 0 radical (unpaired) electrons. The first-order valence-corrected chi connectivity index (χ1v) is 6.72. The molecule has 0 saturated carbocycles. The van der Waals surface area contributed by atoms with E-state index >= 15 is 0 Å². The van der Waals surface area contributed by atoms with Gasteiger partial charge in [-0.15, -0.1) is 0 Å². The van der Waals surface area contributed by atoms with Gasteiger partial charge in [0.25, 0.3) is 0 Å². The van der Waals surface area contributed by atoms with E-state index in [2.05, 4.69) is 23.8 Å². The van der Waals surface area contributed by atoms with Crippen molar-refractivity contribution in [3.8, 4) is 0 Å². The Morgan fingerprint density at radius 3 is 2.61 bits per heavy atom. The average Bonchev–Trinajstić information content (AvgIpc) is 2.79. The Balaban J connectivity index is 2.49. The number of ether oxygens (including phenoxy) is 1. The third kappa shape index (κ3) is 4.66. The Bertz CT molecular complexity index is 323. The number of nitrogen functional groups attached to an aromatic ring is 1. The predicted octanol–water partition coefficient (Wildman–Crippen LogP) is 1.60. The molecule has 5 heteroatoms. The Hall–Kier alpha value is -1.07. The van der Waals surface area contributed by atoms with Crippen LogP contribution in [0.1, 0.15) is 26.7 Å². The highest BCUT2D eigenvalue weighted by molar-refractivity contribution is 5.30. The molecule has 1 heterocycles. The molecule has 0 saturated heterocycles. The molecular formula is C13H26N4O. The van der Waals surface area contributed by atoms with E-state index in [-0.39, 0.29) is 0 Å². The van der Waals surface area contributed by atoms with E-state index in [0.29, 0.717) is 6.04 Å². The van der Waals surface area contributed by atoms with E-state index in [0.717, 1.165) is 31.9 Å². The van der Waals surface area contributed by atoms with Gasteiger partial charge in [-0.3, -0.25) is 9.58 Å². The summed E-state index contributed by atoms with van der Waals surface area (Å²) in [6.07, 6.45) is 5.90. The highest BCUT2D eigenvalue weighted by atomic mass is 16.5. The number of hydrogen-bond donors (Lipinski definition) is 1. The fourth-order valence-electron chi connectivity index (χ4n) is 2.22. The van der Waals surface area contributed by atoms with Crippen LogP contribution in [0.4, 0.5) is 5.69 Å². The molecule has 0 aliphatic carbocycles. The molecule has 5 nitrogen and oxygen atoms in total. The normalized spacial score (nSPS) is 11.6. The molecule has 0 aliphatic heterocycles. The van der Waals surface area contributed by atoms with Crippen molar-refractivity contribution in [2.75, 3.05) is 32.5 Å². The molecule has 0 atom stereocenters. The fraction of sp³-hybridized carbons (Fsp3) is 0.769. The van der Waals surface area contributed by atoms with Crippen molar-refractivity contribution < 1.29 is 4.74 Å². The van der Waals surface area contributed by atoms with Crippen LogP contribution >= 0.6 is 0 Å². The lowest BCUT2D eigenvalue weighted by molar-refractivity contribution is 0.111. The summed E-state index contributed by atoms with van der Waals surface area (Å²) in [6.45, 7) is 8.07. The number of hydrogen-bond acceptors (Lipinski definition) is 4. The Morgan fingerprint density at radius 2 is 2.11 bits per heavy atom. The smallest absolute Gasteiger partial charge is 0.0719 e. The predicted molar refractivity (Wildman–Crippen MR) is 74.5 cm³/mol. The fourth-order valence-corrected chi connectivity index (χ4v) is 2.22. The van der Waals surface area contributed by atoms with Crippen LogP contribution in [-0.4, -0.2) is 47.5 Å². The van der Waals surface area contributed by atoms with Crippen LogP contribution in [0.25, 0.3) is 0 Å². The van der Waals surface area contributed by atoms with Gasteiger partial charge in [-0.05, 0) is 12.8 Å². The van der Waals surface area contributed by atoms with E-state index < -0.39 is 0 Å². The van der Waals surface area contributed by atoms with E-state index in [9.17, 15) is 0 Å². The molecule has 104 valence electrons. The van der Waals surface area contributed by atoms with E-state index in [1.54, 1.807) is 13.3 Å². The summed E-state index contributed by atoms with van der Waals surface area (Å²) in [5.41, 5.74) is 6.38. The standard InChI is InChI=1S/C13H26N4O/c1-4-13(5-2)16(8-9-18-3)6-7-17-11-12(14)10-15-17/h10-11,13H,4-9,14H2,1-3H3. The number of nitrogens with zero attached hydrogens (tertiary/aromatic N) is 3. The molecule has 18 heavy (non-hydrogen) atoms. The van der Waals surface area contributed by atoms with Gasteiger partial charge in [-0.1, -0.05) is 13.8 Å². The van der Waals surface area contributed by atoms with Crippen LogP contribution in [0, 0.1) is 0 Å². The number of rotatable bonds is 9. The SMILES string of the molecule is CCC(CC)N(CCOC)CCn1cc(N)cn1. The summed E-state index contributed by atoms with van der Waals surface area (Å²) in [6, 6.07) is 0.619. The van der Waals surface area contributed by atoms with Crippen molar-refractivity contribution >= 4 is 5.69 Å². The van der Waals surface area contributed by atoms with Gasteiger partial charge in [0.05, 0.1) is 25.0 Å². The first-order valence-electron chi connectivity index (χ1n) is 6.72. The number of nitrogens with two attached hydrogens (primary N) is 1. The lowest BCUT2D eigenvalue weighted by Crippen LogP contribution is -2.39. The quantitative estimate of drug-likeness (QED) is 0.727. The highest BCUT2D eigenvalue weighted by Crippen LogP contribution is 2.09. The van der Waals surface area contributed by atoms with Gasteiger partial charge >= 0.3 is 0 Å². The number of anilines is 1. The molecule has 0 aromatic carbocycles. The van der Waals surface area contributed by atoms with Crippen LogP contribution in [0.2, 0.25) is 0 Å². The summed E-state index contributed by atoms with van der Waals surface area (Å²) >= 11 is 0. The van der Waals surface area contributed by atoms with Crippen molar-refractivity contribution in [1.29, 1.82) is 0 Å². The van der Waals surface area contributed by atoms with Gasteiger partial charge in [0.2, 0.25) is 0 Å². The average molecular weight is 254 g/mol. The largest absolute Gasteiger partial charge is 0.396 e. The minimum Gasteiger partial charge on any atom is -0.396 e. The Morgan fingerprint density at radius 1 is 1.39 bits per heavy atom. The minimum atomic E-state index is 0.619. The molecule has 0 fully saturated rings. The second kappa shape index (κ2) is 8.11. The molecule has 0 bridgehead atoms. The van der Waals surface area contributed by atoms with Crippen LogP contribution < -0.4 is 5.73 Å². The van der Waals surface area contributed by atoms with Gasteiger partial charge in [-0.2, -0.15) is 5.10 Å². The van der Waals surface area contributed by atoms with Crippen LogP contribution in [0.15, 0.2) is 12.4 Å². The molecule has 2 N–H and O–H groups in total. The molecule has 1 rings (SSSR count). The zero-order chi connectivity index (χ0) is 13.4. The lowest BCUT2D eigenvalue weighted by atomic mass is 10.1. The van der Waals surface area contributed by atoms with Gasteiger partial charge < -0.3 is 10.5 Å². The van der Waals surface area contributed by atoms with Gasteiger partial charge in [0.15, 0.2) is 0 Å². The molecule has 0 amide bonds. The maximum absolute atomic E-state index is 5.66. The maximum atomic E-state index is 5.66. The summed E-state index contributed by atoms with van der Waals surface area (Å²) in [4.78, 5) is 2.47. The molecule has 0 spiro atoms. The first kappa shape index (κ1) is 15.0. The summed E-state index contributed by atoms with van der Waals surface area (Å²) in [5, 5.41) is 4.21. The minimum absolute atomic E-state index is 0.619. The van der Waals surface area contributed by atoms with Gasteiger partial charge in [0, 0.05) is 32.4 Å². The van der Waals surface area contributed by atoms with E-state index in [4.69, 9.17) is 10.5 Å². The van der Waals surface area contributed by atoms with Crippen molar-refractivity contribution in [2.24, 2.45) is 0 Å². The molecule has 1 aromatic heterocycles. The summed E-state index contributed by atoms with van der Waals surface area (Å²) < 4.78 is 7.08.